The summed E-state index contributed by atoms with van der Waals surface area (Å²) in [5, 5.41) is 0. The van der Waals surface area contributed by atoms with E-state index in [0.717, 1.165) is 31.6 Å². The van der Waals surface area contributed by atoms with Crippen molar-refractivity contribution in [1.29, 1.82) is 0 Å². The number of nitrogens with zero attached hydrogens (tertiary/aromatic N) is 1. The van der Waals surface area contributed by atoms with Gasteiger partial charge in [-0.25, -0.2) is 4.79 Å². The minimum Gasteiger partial charge on any atom is -0.455 e. The highest BCUT2D eigenvalue weighted by Gasteiger charge is 2.36. The van der Waals surface area contributed by atoms with E-state index >= 15 is 0 Å². The van der Waals surface area contributed by atoms with E-state index in [4.69, 9.17) is 9.47 Å². The van der Waals surface area contributed by atoms with Crippen LogP contribution in [0.25, 0.3) is 0 Å². The van der Waals surface area contributed by atoms with Crippen LogP contribution in [0.2, 0.25) is 0 Å². The molecule has 0 aromatic heterocycles. The summed E-state index contributed by atoms with van der Waals surface area (Å²) >= 11 is 0. The van der Waals surface area contributed by atoms with Gasteiger partial charge in [-0.3, -0.25) is 0 Å². The molecule has 0 aliphatic rings. The Morgan fingerprint density at radius 2 is 1.25 bits per heavy atom. The number of carbonyl (C=O) groups excluding carboxylic acids is 1. The van der Waals surface area contributed by atoms with Crippen molar-refractivity contribution in [3.8, 4) is 5.75 Å². The van der Waals surface area contributed by atoms with E-state index in [-0.39, 0.29) is 12.0 Å². The first-order valence-electron chi connectivity index (χ1n) is 16.2. The fraction of sp³-hybridized carbons (Fsp3) is 0.639. The topological polar surface area (TPSA) is 35.5 Å². The predicted octanol–water partition coefficient (Wildman–Crippen LogP) is 9.64. The second-order valence-electron chi connectivity index (χ2n) is 12.1. The van der Waals surface area contributed by atoms with Crippen molar-refractivity contribution in [3.05, 3.63) is 65.7 Å². The summed E-state index contributed by atoms with van der Waals surface area (Å²) in [5.41, 5.74) is 2.56. The van der Waals surface area contributed by atoms with Gasteiger partial charge in [0.25, 0.3) is 0 Å². The van der Waals surface area contributed by atoms with Crippen molar-refractivity contribution in [2.24, 2.45) is 0 Å². The highest BCUT2D eigenvalue weighted by atomic mass is 16.7. The number of aryl methyl sites for hydroxylation is 1. The molecule has 0 aliphatic heterocycles. The van der Waals surface area contributed by atoms with Crippen LogP contribution in [0.3, 0.4) is 0 Å². The Morgan fingerprint density at radius 3 is 1.80 bits per heavy atom. The maximum atomic E-state index is 13.2. The van der Waals surface area contributed by atoms with Gasteiger partial charge in [-0.1, -0.05) is 127 Å². The molecule has 0 fully saturated rings. The molecule has 0 spiro atoms. The largest absolute Gasteiger partial charge is 0.455 e. The number of hydrogen-bond acceptors (Lipinski definition) is 3. The molecule has 0 amide bonds. The lowest BCUT2D eigenvalue weighted by Gasteiger charge is -2.37. The van der Waals surface area contributed by atoms with Gasteiger partial charge in [-0.2, -0.15) is 0 Å². The lowest BCUT2D eigenvalue weighted by atomic mass is 10.0. The number of benzene rings is 2. The third-order valence-corrected chi connectivity index (χ3v) is 7.94. The van der Waals surface area contributed by atoms with Crippen molar-refractivity contribution in [1.82, 2.24) is 0 Å². The molecule has 0 bridgehead atoms. The number of ether oxygens (including phenoxy) is 2. The van der Waals surface area contributed by atoms with E-state index in [1.165, 1.54) is 88.2 Å². The maximum Gasteiger partial charge on any atom is 0.368 e. The molecular formula is C36H58NO3+. The van der Waals surface area contributed by atoms with Gasteiger partial charge in [0.15, 0.2) is 6.04 Å². The Balaban J connectivity index is 1.67. The molecule has 0 N–H and O–H groups in total. The molecule has 2 rings (SSSR count). The monoisotopic (exact) mass is 552 g/mol. The summed E-state index contributed by atoms with van der Waals surface area (Å²) < 4.78 is 12.3. The molecule has 0 heterocycles. The Morgan fingerprint density at radius 1 is 0.700 bits per heavy atom. The lowest BCUT2D eigenvalue weighted by molar-refractivity contribution is -0.920. The zero-order valence-corrected chi connectivity index (χ0v) is 26.3. The van der Waals surface area contributed by atoms with Gasteiger partial charge in [-0.05, 0) is 37.0 Å². The van der Waals surface area contributed by atoms with E-state index in [9.17, 15) is 4.79 Å². The van der Waals surface area contributed by atoms with Crippen molar-refractivity contribution < 1.29 is 18.8 Å². The van der Waals surface area contributed by atoms with Gasteiger partial charge < -0.3 is 14.0 Å². The number of quaternary nitrogens is 1. The van der Waals surface area contributed by atoms with Crippen molar-refractivity contribution in [2.75, 3.05) is 14.1 Å². The van der Waals surface area contributed by atoms with E-state index in [1.807, 2.05) is 30.3 Å². The van der Waals surface area contributed by atoms with Crippen LogP contribution in [0.15, 0.2) is 54.6 Å². The van der Waals surface area contributed by atoms with Crippen molar-refractivity contribution in [2.45, 2.75) is 136 Å². The fourth-order valence-electron chi connectivity index (χ4n) is 5.55. The Kier molecular flexibility index (Phi) is 16.7. The SMILES string of the molecule is CCCCCCCCCCCCCCc1ccc(OC(C)OC(=O)C(CCC)[N+](C)(C)Cc2ccccc2)cc1. The van der Waals surface area contributed by atoms with Crippen molar-refractivity contribution >= 4 is 5.97 Å². The maximum absolute atomic E-state index is 13.2. The molecule has 4 nitrogen and oxygen atoms in total. The van der Waals surface area contributed by atoms with Crippen LogP contribution in [-0.2, 0) is 22.5 Å². The summed E-state index contributed by atoms with van der Waals surface area (Å²) in [4.78, 5) is 13.2. The van der Waals surface area contributed by atoms with Gasteiger partial charge in [0.1, 0.15) is 12.3 Å². The quantitative estimate of drug-likeness (QED) is 0.0631. The first kappa shape index (κ1) is 33.9. The lowest BCUT2D eigenvalue weighted by Crippen LogP contribution is -2.53. The zero-order valence-electron chi connectivity index (χ0n) is 26.3. The van der Waals surface area contributed by atoms with E-state index in [0.29, 0.717) is 4.48 Å². The molecule has 2 atom stereocenters. The number of esters is 1. The minimum absolute atomic E-state index is 0.195. The molecule has 4 heteroatoms. The average Bonchev–Trinajstić information content (AvgIpc) is 2.93. The molecule has 2 unspecified atom stereocenters. The first-order chi connectivity index (χ1) is 19.4. The number of likely N-dealkylation sites (N-methyl/N-ethyl adjacent to an activating group) is 1. The third-order valence-electron chi connectivity index (χ3n) is 7.94. The van der Waals surface area contributed by atoms with Crippen LogP contribution in [0.4, 0.5) is 0 Å². The number of rotatable bonds is 22. The molecule has 0 saturated carbocycles. The summed E-state index contributed by atoms with van der Waals surface area (Å²) in [6.45, 7) is 6.97. The van der Waals surface area contributed by atoms with Crippen LogP contribution in [0.1, 0.15) is 122 Å². The standard InChI is InChI=1S/C36H58NO3/c1-6-8-9-10-11-12-13-14-15-16-17-19-23-32-26-28-34(29-27-32)39-31(3)40-36(38)35(22-7-2)37(4,5)30-33-24-20-18-21-25-33/h18,20-21,24-29,31,35H,6-17,19,22-23,30H2,1-5H3/q+1. The Hall–Kier alpha value is -2.33. The van der Waals surface area contributed by atoms with Crippen molar-refractivity contribution in [3.63, 3.8) is 0 Å². The van der Waals surface area contributed by atoms with E-state index < -0.39 is 6.29 Å². The molecule has 224 valence electrons. The van der Waals surface area contributed by atoms with Gasteiger partial charge >= 0.3 is 5.97 Å². The molecule has 0 aliphatic carbocycles. The summed E-state index contributed by atoms with van der Waals surface area (Å²) in [7, 11) is 4.21. The zero-order chi connectivity index (χ0) is 29.1. The first-order valence-corrected chi connectivity index (χ1v) is 16.2. The van der Waals surface area contributed by atoms with Gasteiger partial charge in [0, 0.05) is 18.9 Å². The van der Waals surface area contributed by atoms with Gasteiger partial charge in [0.05, 0.1) is 14.1 Å². The smallest absolute Gasteiger partial charge is 0.368 e. The third kappa shape index (κ3) is 13.8. The molecule has 0 radical (unpaired) electrons. The van der Waals surface area contributed by atoms with E-state index in [2.05, 4.69) is 52.2 Å². The highest BCUT2D eigenvalue weighted by Crippen LogP contribution is 2.21. The Bertz CT molecular complexity index is 909. The number of unbranched alkanes of at least 4 members (excludes halogenated alkanes) is 11. The number of carbonyl (C=O) groups is 1. The summed E-state index contributed by atoms with van der Waals surface area (Å²) in [6.07, 6.45) is 18.7. The normalized spacial score (nSPS) is 13.1. The average molecular weight is 553 g/mol. The van der Waals surface area contributed by atoms with Gasteiger partial charge in [0.2, 0.25) is 6.29 Å². The van der Waals surface area contributed by atoms with Crippen LogP contribution < -0.4 is 4.74 Å². The fourth-order valence-corrected chi connectivity index (χ4v) is 5.55. The van der Waals surface area contributed by atoms with Gasteiger partial charge in [-0.15, -0.1) is 0 Å². The number of hydrogen-bond donors (Lipinski definition) is 0. The predicted molar refractivity (Wildman–Crippen MR) is 168 cm³/mol. The minimum atomic E-state index is -0.634. The van der Waals surface area contributed by atoms with Crippen LogP contribution >= 0.6 is 0 Å². The van der Waals surface area contributed by atoms with Crippen LogP contribution in [-0.4, -0.2) is 36.9 Å². The Labute approximate surface area is 246 Å². The van der Waals surface area contributed by atoms with Crippen LogP contribution in [0, 0.1) is 0 Å². The second kappa shape index (κ2) is 19.7. The summed E-state index contributed by atoms with van der Waals surface area (Å²) in [5.74, 6) is 0.544. The summed E-state index contributed by atoms with van der Waals surface area (Å²) in [6, 6.07) is 18.4. The molecule has 40 heavy (non-hydrogen) atoms. The molecule has 0 saturated heterocycles. The van der Waals surface area contributed by atoms with E-state index in [1.54, 1.807) is 6.92 Å². The van der Waals surface area contributed by atoms with Crippen LogP contribution in [0.5, 0.6) is 5.75 Å². The molecule has 2 aromatic carbocycles. The molecule has 2 aromatic rings. The second-order valence-corrected chi connectivity index (χ2v) is 12.1. The highest BCUT2D eigenvalue weighted by molar-refractivity contribution is 5.74. The molecular weight excluding hydrogens is 494 g/mol.